The average Bonchev–Trinajstić information content (AvgIpc) is 2.69. The molecule has 28 heavy (non-hydrogen) atoms. The Balaban J connectivity index is 2.34. The molecule has 6 nitrogen and oxygen atoms in total. The summed E-state index contributed by atoms with van der Waals surface area (Å²) in [7, 11) is -0.713. The molecule has 0 N–H and O–H groups in total. The summed E-state index contributed by atoms with van der Waals surface area (Å²) in [6, 6.07) is 11.1. The fraction of sp³-hybridized carbons (Fsp3) is 0.350. The van der Waals surface area contributed by atoms with Crippen molar-refractivity contribution in [1.82, 2.24) is 9.21 Å². The fourth-order valence-electron chi connectivity index (χ4n) is 2.84. The normalized spacial score (nSPS) is 11.5. The Kier molecular flexibility index (Phi) is 7.46. The summed E-state index contributed by atoms with van der Waals surface area (Å²) in [5.41, 5.74) is 1.11. The molecule has 2 aromatic carbocycles. The third-order valence-electron chi connectivity index (χ3n) is 4.49. The Hall–Kier alpha value is -2.09. The number of rotatable bonds is 8. The van der Waals surface area contributed by atoms with E-state index >= 15 is 0 Å². The van der Waals surface area contributed by atoms with E-state index in [1.165, 1.54) is 42.7 Å². The van der Waals surface area contributed by atoms with Gasteiger partial charge in [0, 0.05) is 42.8 Å². The highest BCUT2D eigenvalue weighted by atomic mass is 35.5. The minimum Gasteiger partial charge on any atom is -0.496 e. The van der Waals surface area contributed by atoms with Crippen LogP contribution < -0.4 is 4.74 Å². The van der Waals surface area contributed by atoms with Crippen molar-refractivity contribution in [2.75, 3.05) is 27.2 Å². The Morgan fingerprint density at radius 2 is 1.68 bits per heavy atom. The molecule has 0 atom stereocenters. The predicted octanol–water partition coefficient (Wildman–Crippen LogP) is 3.65. The van der Waals surface area contributed by atoms with E-state index in [0.717, 1.165) is 0 Å². The molecule has 0 bridgehead atoms. The topological polar surface area (TPSA) is 66.9 Å². The monoisotopic (exact) mass is 424 g/mol. The number of hydrogen-bond donors (Lipinski definition) is 0. The molecule has 0 aromatic heterocycles. The van der Waals surface area contributed by atoms with Gasteiger partial charge >= 0.3 is 0 Å². The minimum atomic E-state index is -3.71. The lowest BCUT2D eigenvalue weighted by Crippen LogP contribution is -2.31. The molecule has 0 aliphatic carbocycles. The molecule has 0 heterocycles. The summed E-state index contributed by atoms with van der Waals surface area (Å²) in [4.78, 5) is 14.5. The van der Waals surface area contributed by atoms with Crippen LogP contribution in [0.15, 0.2) is 47.4 Å². The van der Waals surface area contributed by atoms with E-state index in [2.05, 4.69) is 0 Å². The zero-order chi connectivity index (χ0) is 20.9. The first kappa shape index (κ1) is 22.2. The first-order valence-corrected chi connectivity index (χ1v) is 10.7. The Labute approximate surface area is 171 Å². The SMILES string of the molecule is CCN(CC)C(=O)c1ccc(OC)c(CN(C)S(=O)(=O)c2ccc(Cl)cc2)c1. The number of hydrogen-bond acceptors (Lipinski definition) is 4. The van der Waals surface area contributed by atoms with Gasteiger partial charge in [-0.15, -0.1) is 0 Å². The number of amides is 1. The van der Waals surface area contributed by atoms with Gasteiger partial charge in [-0.3, -0.25) is 4.79 Å². The van der Waals surface area contributed by atoms with Crippen LogP contribution in [-0.4, -0.2) is 50.8 Å². The number of ether oxygens (including phenoxy) is 1. The maximum atomic E-state index is 12.8. The van der Waals surface area contributed by atoms with Gasteiger partial charge in [-0.25, -0.2) is 8.42 Å². The number of carbonyl (C=O) groups is 1. The molecule has 2 aromatic rings. The minimum absolute atomic E-state index is 0.0630. The van der Waals surface area contributed by atoms with Gasteiger partial charge in [0.15, 0.2) is 0 Å². The number of methoxy groups -OCH3 is 1. The number of halogens is 1. The van der Waals surface area contributed by atoms with Crippen LogP contribution in [0, 0.1) is 0 Å². The number of benzene rings is 2. The highest BCUT2D eigenvalue weighted by molar-refractivity contribution is 7.89. The summed E-state index contributed by atoms with van der Waals surface area (Å²) < 4.78 is 32.3. The maximum Gasteiger partial charge on any atom is 0.253 e. The molecular formula is C20H25ClN2O4S. The Morgan fingerprint density at radius 1 is 1.07 bits per heavy atom. The van der Waals surface area contributed by atoms with Crippen molar-refractivity contribution >= 4 is 27.5 Å². The van der Waals surface area contributed by atoms with E-state index in [1.54, 1.807) is 23.1 Å². The molecule has 0 saturated carbocycles. The second-order valence-electron chi connectivity index (χ2n) is 6.22. The molecular weight excluding hydrogens is 400 g/mol. The van der Waals surface area contributed by atoms with Crippen molar-refractivity contribution in [3.8, 4) is 5.75 Å². The smallest absolute Gasteiger partial charge is 0.253 e. The van der Waals surface area contributed by atoms with Gasteiger partial charge in [0.1, 0.15) is 5.75 Å². The van der Waals surface area contributed by atoms with Crippen LogP contribution in [0.5, 0.6) is 5.75 Å². The van der Waals surface area contributed by atoms with Crippen molar-refractivity contribution in [3.05, 3.63) is 58.6 Å². The van der Waals surface area contributed by atoms with Crippen molar-refractivity contribution < 1.29 is 17.9 Å². The summed E-state index contributed by atoms with van der Waals surface area (Å²) in [5.74, 6) is 0.423. The van der Waals surface area contributed by atoms with Crippen LogP contribution in [-0.2, 0) is 16.6 Å². The summed E-state index contributed by atoms with van der Waals surface area (Å²) in [5, 5.41) is 0.464. The van der Waals surface area contributed by atoms with Crippen LogP contribution in [0.2, 0.25) is 5.02 Å². The van der Waals surface area contributed by atoms with Gasteiger partial charge in [-0.1, -0.05) is 11.6 Å². The molecule has 8 heteroatoms. The Morgan fingerprint density at radius 3 is 2.21 bits per heavy atom. The molecule has 0 unspecified atom stereocenters. The molecule has 2 rings (SSSR count). The maximum absolute atomic E-state index is 12.8. The van der Waals surface area contributed by atoms with Gasteiger partial charge < -0.3 is 9.64 Å². The summed E-state index contributed by atoms with van der Waals surface area (Å²) >= 11 is 5.85. The molecule has 0 aliphatic heterocycles. The van der Waals surface area contributed by atoms with Crippen molar-refractivity contribution in [1.29, 1.82) is 0 Å². The second-order valence-corrected chi connectivity index (χ2v) is 8.70. The van der Waals surface area contributed by atoms with Crippen LogP contribution in [0.25, 0.3) is 0 Å². The van der Waals surface area contributed by atoms with Gasteiger partial charge in [0.2, 0.25) is 10.0 Å². The van der Waals surface area contributed by atoms with Crippen molar-refractivity contribution in [2.45, 2.75) is 25.3 Å². The molecule has 0 saturated heterocycles. The third-order valence-corrected chi connectivity index (χ3v) is 6.56. The molecule has 1 amide bonds. The van der Waals surface area contributed by atoms with E-state index in [1.807, 2.05) is 13.8 Å². The first-order chi connectivity index (χ1) is 13.2. The van der Waals surface area contributed by atoms with Crippen LogP contribution in [0.3, 0.4) is 0 Å². The van der Waals surface area contributed by atoms with Gasteiger partial charge in [0.25, 0.3) is 5.91 Å². The molecule has 152 valence electrons. The highest BCUT2D eigenvalue weighted by Crippen LogP contribution is 2.25. The highest BCUT2D eigenvalue weighted by Gasteiger charge is 2.23. The van der Waals surface area contributed by atoms with Crippen LogP contribution >= 0.6 is 11.6 Å². The molecule has 0 fully saturated rings. The molecule has 0 spiro atoms. The standard InChI is InChI=1S/C20H25ClN2O4S/c1-5-23(6-2)20(24)15-7-12-19(27-4)16(13-15)14-22(3)28(25,26)18-10-8-17(21)9-11-18/h7-13H,5-6,14H2,1-4H3. The van der Waals surface area contributed by atoms with Crippen molar-refractivity contribution in [2.24, 2.45) is 0 Å². The average molecular weight is 425 g/mol. The Bertz CT molecular complexity index is 926. The van der Waals surface area contributed by atoms with Gasteiger partial charge in [0.05, 0.1) is 12.0 Å². The van der Waals surface area contributed by atoms with E-state index in [9.17, 15) is 13.2 Å². The van der Waals surface area contributed by atoms with E-state index < -0.39 is 10.0 Å². The van der Waals surface area contributed by atoms with Gasteiger partial charge in [-0.2, -0.15) is 4.31 Å². The van der Waals surface area contributed by atoms with Crippen LogP contribution in [0.1, 0.15) is 29.8 Å². The number of sulfonamides is 1. The lowest BCUT2D eigenvalue weighted by Gasteiger charge is -2.21. The van der Waals surface area contributed by atoms with E-state index in [-0.39, 0.29) is 17.3 Å². The lowest BCUT2D eigenvalue weighted by molar-refractivity contribution is 0.0773. The largest absolute Gasteiger partial charge is 0.496 e. The van der Waals surface area contributed by atoms with E-state index in [0.29, 0.717) is 35.0 Å². The van der Waals surface area contributed by atoms with Crippen LogP contribution in [0.4, 0.5) is 0 Å². The summed E-state index contributed by atoms with van der Waals surface area (Å²) in [6.45, 7) is 5.09. The number of nitrogens with zero attached hydrogens (tertiary/aromatic N) is 2. The van der Waals surface area contributed by atoms with E-state index in [4.69, 9.17) is 16.3 Å². The zero-order valence-electron chi connectivity index (χ0n) is 16.5. The molecule has 0 aliphatic rings. The zero-order valence-corrected chi connectivity index (χ0v) is 18.0. The van der Waals surface area contributed by atoms with Crippen molar-refractivity contribution in [3.63, 3.8) is 0 Å². The van der Waals surface area contributed by atoms with Gasteiger partial charge in [-0.05, 0) is 56.3 Å². The first-order valence-electron chi connectivity index (χ1n) is 8.92. The summed E-state index contributed by atoms with van der Waals surface area (Å²) in [6.07, 6.45) is 0. The fourth-order valence-corrected chi connectivity index (χ4v) is 4.11. The second kappa shape index (κ2) is 9.41. The quantitative estimate of drug-likeness (QED) is 0.648. The lowest BCUT2D eigenvalue weighted by atomic mass is 10.1. The third kappa shape index (κ3) is 4.84. The number of carbonyl (C=O) groups excluding carboxylic acids is 1. The molecule has 0 radical (unpaired) electrons. The predicted molar refractivity (Wildman–Crippen MR) is 110 cm³/mol.